The Balaban J connectivity index is 1.81. The van der Waals surface area contributed by atoms with Crippen molar-refractivity contribution in [1.82, 2.24) is 10.6 Å². The van der Waals surface area contributed by atoms with Gasteiger partial charge in [-0.2, -0.15) is 0 Å². The lowest BCUT2D eigenvalue weighted by atomic mass is 9.96. The zero-order chi connectivity index (χ0) is 18.9. The zero-order valence-electron chi connectivity index (χ0n) is 15.0. The molecule has 26 heavy (non-hydrogen) atoms. The second-order valence-corrected chi connectivity index (χ2v) is 6.88. The van der Waals surface area contributed by atoms with E-state index in [2.05, 4.69) is 10.6 Å². The molecular weight excluding hydrogens is 356 g/mol. The van der Waals surface area contributed by atoms with Crippen LogP contribution in [-0.4, -0.2) is 43.9 Å². The lowest BCUT2D eigenvalue weighted by Gasteiger charge is -2.22. The third-order valence-corrected chi connectivity index (χ3v) is 4.88. The molecule has 142 valence electrons. The maximum absolute atomic E-state index is 12.1. The summed E-state index contributed by atoms with van der Waals surface area (Å²) in [5.74, 6) is -0.985. The van der Waals surface area contributed by atoms with Crippen molar-refractivity contribution in [3.8, 4) is 5.75 Å². The molecule has 1 aliphatic rings. The van der Waals surface area contributed by atoms with E-state index in [0.717, 1.165) is 30.6 Å². The molecule has 0 saturated heterocycles. The fourth-order valence-corrected chi connectivity index (χ4v) is 3.24. The van der Waals surface area contributed by atoms with Gasteiger partial charge in [-0.25, -0.2) is 9.59 Å². The summed E-state index contributed by atoms with van der Waals surface area (Å²) >= 11 is 1.52. The molecule has 1 saturated carbocycles. The lowest BCUT2D eigenvalue weighted by Crippen LogP contribution is -2.46. The van der Waals surface area contributed by atoms with E-state index in [1.165, 1.54) is 25.3 Å². The van der Waals surface area contributed by atoms with Crippen molar-refractivity contribution in [2.24, 2.45) is 0 Å². The number of rotatable bonds is 6. The highest BCUT2D eigenvalue weighted by atomic mass is 32.2. The largest absolute Gasteiger partial charge is 0.496 e. The van der Waals surface area contributed by atoms with Crippen LogP contribution in [0.25, 0.3) is 0 Å². The Morgan fingerprint density at radius 3 is 2.58 bits per heavy atom. The van der Waals surface area contributed by atoms with Crippen molar-refractivity contribution in [3.05, 3.63) is 23.8 Å². The van der Waals surface area contributed by atoms with Crippen LogP contribution >= 0.6 is 11.8 Å². The summed E-state index contributed by atoms with van der Waals surface area (Å²) in [5, 5.41) is 4.95. The highest BCUT2D eigenvalue weighted by Gasteiger charge is 2.19. The SMILES string of the molecule is COc1cc(SC)ccc1C(=O)OCC(=O)NC(=O)NC1CCCCC1. The Hall–Kier alpha value is -2.22. The summed E-state index contributed by atoms with van der Waals surface area (Å²) in [6.45, 7) is -0.537. The number of urea groups is 1. The van der Waals surface area contributed by atoms with Gasteiger partial charge in [-0.15, -0.1) is 11.8 Å². The van der Waals surface area contributed by atoms with Crippen molar-refractivity contribution >= 4 is 29.7 Å². The highest BCUT2D eigenvalue weighted by Crippen LogP contribution is 2.25. The molecule has 1 aliphatic carbocycles. The highest BCUT2D eigenvalue weighted by molar-refractivity contribution is 7.98. The Morgan fingerprint density at radius 2 is 1.92 bits per heavy atom. The zero-order valence-corrected chi connectivity index (χ0v) is 15.8. The fourth-order valence-electron chi connectivity index (χ4n) is 2.81. The molecule has 0 aliphatic heterocycles. The molecule has 1 aromatic rings. The van der Waals surface area contributed by atoms with Crippen LogP contribution < -0.4 is 15.4 Å². The van der Waals surface area contributed by atoms with Gasteiger partial charge >= 0.3 is 12.0 Å². The standard InChI is InChI=1S/C18H24N2O5S/c1-24-15-10-13(26-2)8-9-14(15)17(22)25-11-16(21)20-18(23)19-12-6-4-3-5-7-12/h8-10,12H,3-7,11H2,1-2H3,(H2,19,20,21,23). The van der Waals surface area contributed by atoms with E-state index < -0.39 is 24.5 Å². The van der Waals surface area contributed by atoms with Crippen molar-refractivity contribution in [2.75, 3.05) is 20.0 Å². The molecule has 0 spiro atoms. The van der Waals surface area contributed by atoms with Gasteiger partial charge in [0.1, 0.15) is 11.3 Å². The van der Waals surface area contributed by atoms with E-state index in [1.807, 2.05) is 6.26 Å². The van der Waals surface area contributed by atoms with Crippen LogP contribution in [0.3, 0.4) is 0 Å². The maximum Gasteiger partial charge on any atom is 0.342 e. The predicted octanol–water partition coefficient (Wildman–Crippen LogP) is 2.73. The topological polar surface area (TPSA) is 93.7 Å². The van der Waals surface area contributed by atoms with Gasteiger partial charge in [0.05, 0.1) is 7.11 Å². The van der Waals surface area contributed by atoms with Crippen LogP contribution in [0, 0.1) is 0 Å². The number of amides is 3. The first-order chi connectivity index (χ1) is 12.5. The van der Waals surface area contributed by atoms with Gasteiger partial charge in [-0.05, 0) is 37.3 Å². The van der Waals surface area contributed by atoms with Crippen molar-refractivity contribution in [1.29, 1.82) is 0 Å². The Bertz CT molecular complexity index is 659. The summed E-state index contributed by atoms with van der Waals surface area (Å²) < 4.78 is 10.2. The first kappa shape index (κ1) is 20.1. The molecule has 0 aromatic heterocycles. The molecule has 0 heterocycles. The third-order valence-electron chi connectivity index (χ3n) is 4.16. The van der Waals surface area contributed by atoms with Crippen LogP contribution in [0.2, 0.25) is 0 Å². The van der Waals surface area contributed by atoms with Crippen LogP contribution in [-0.2, 0) is 9.53 Å². The molecule has 0 unspecified atom stereocenters. The minimum absolute atomic E-state index is 0.0957. The van der Waals surface area contributed by atoms with E-state index in [-0.39, 0.29) is 11.6 Å². The number of nitrogens with one attached hydrogen (secondary N) is 2. The number of ether oxygens (including phenoxy) is 2. The number of hydrogen-bond acceptors (Lipinski definition) is 6. The molecule has 3 amide bonds. The minimum atomic E-state index is -0.683. The third kappa shape index (κ3) is 5.94. The molecule has 2 rings (SSSR count). The number of thioether (sulfide) groups is 1. The molecule has 8 heteroatoms. The first-order valence-corrected chi connectivity index (χ1v) is 9.75. The summed E-state index contributed by atoms with van der Waals surface area (Å²) in [6, 6.07) is 4.61. The summed E-state index contributed by atoms with van der Waals surface area (Å²) in [4.78, 5) is 36.7. The number of carbonyl (C=O) groups excluding carboxylic acids is 3. The number of esters is 1. The van der Waals surface area contributed by atoms with Gasteiger partial charge < -0.3 is 14.8 Å². The average Bonchev–Trinajstić information content (AvgIpc) is 2.66. The number of methoxy groups -OCH3 is 1. The van der Waals surface area contributed by atoms with Crippen LogP contribution in [0.4, 0.5) is 4.79 Å². The number of imide groups is 1. The van der Waals surface area contributed by atoms with Gasteiger partial charge in [0.15, 0.2) is 6.61 Å². The summed E-state index contributed by atoms with van der Waals surface area (Å²) in [7, 11) is 1.46. The number of carbonyl (C=O) groups is 3. The van der Waals surface area contributed by atoms with Gasteiger partial charge in [0.2, 0.25) is 0 Å². The van der Waals surface area contributed by atoms with Crippen LogP contribution in [0.15, 0.2) is 23.1 Å². The van der Waals surface area contributed by atoms with E-state index in [0.29, 0.717) is 5.75 Å². The van der Waals surface area contributed by atoms with Gasteiger partial charge in [0, 0.05) is 10.9 Å². The molecule has 1 fully saturated rings. The van der Waals surface area contributed by atoms with E-state index in [4.69, 9.17) is 9.47 Å². The van der Waals surface area contributed by atoms with Crippen molar-refractivity contribution in [3.63, 3.8) is 0 Å². The molecule has 2 N–H and O–H groups in total. The van der Waals surface area contributed by atoms with Crippen LogP contribution in [0.5, 0.6) is 5.75 Å². The minimum Gasteiger partial charge on any atom is -0.496 e. The van der Waals surface area contributed by atoms with E-state index in [1.54, 1.807) is 18.2 Å². The van der Waals surface area contributed by atoms with E-state index in [9.17, 15) is 14.4 Å². The number of hydrogen-bond donors (Lipinski definition) is 2. The van der Waals surface area contributed by atoms with Crippen molar-refractivity contribution < 1.29 is 23.9 Å². The van der Waals surface area contributed by atoms with Crippen LogP contribution in [0.1, 0.15) is 42.5 Å². The van der Waals surface area contributed by atoms with E-state index >= 15 is 0 Å². The summed E-state index contributed by atoms with van der Waals surface area (Å²) in [6.07, 6.45) is 7.08. The normalized spacial score (nSPS) is 14.4. The Morgan fingerprint density at radius 1 is 1.19 bits per heavy atom. The van der Waals surface area contributed by atoms with Gasteiger partial charge in [-0.3, -0.25) is 10.1 Å². The average molecular weight is 380 g/mol. The summed E-state index contributed by atoms with van der Waals surface area (Å²) in [5.41, 5.74) is 0.227. The molecule has 1 aromatic carbocycles. The fraction of sp³-hybridized carbons (Fsp3) is 0.500. The maximum atomic E-state index is 12.1. The molecule has 0 radical (unpaired) electrons. The lowest BCUT2D eigenvalue weighted by molar-refractivity contribution is -0.123. The second-order valence-electron chi connectivity index (χ2n) is 6.00. The Kier molecular flexibility index (Phi) is 7.77. The monoisotopic (exact) mass is 380 g/mol. The van der Waals surface area contributed by atoms with Crippen molar-refractivity contribution in [2.45, 2.75) is 43.0 Å². The quantitative estimate of drug-likeness (QED) is 0.582. The molecular formula is C18H24N2O5S. The van der Waals surface area contributed by atoms with Gasteiger partial charge in [0.25, 0.3) is 5.91 Å². The molecule has 0 bridgehead atoms. The molecule has 0 atom stereocenters. The van der Waals surface area contributed by atoms with Gasteiger partial charge in [-0.1, -0.05) is 19.3 Å². The number of benzene rings is 1. The first-order valence-electron chi connectivity index (χ1n) is 8.53. The second kappa shape index (κ2) is 10.1. The smallest absolute Gasteiger partial charge is 0.342 e. The predicted molar refractivity (Wildman–Crippen MR) is 98.6 cm³/mol. The Labute approximate surface area is 157 Å². The molecule has 7 nitrogen and oxygen atoms in total.